The monoisotopic (exact) mass is 500 g/mol. The molecule has 3 aromatic rings. The van der Waals surface area contributed by atoms with Crippen LogP contribution >= 0.6 is 0 Å². The van der Waals surface area contributed by atoms with Crippen LogP contribution in [0, 0.1) is 5.82 Å². The van der Waals surface area contributed by atoms with E-state index >= 15 is 0 Å². The summed E-state index contributed by atoms with van der Waals surface area (Å²) in [7, 11) is -4.72. The van der Waals surface area contributed by atoms with Gasteiger partial charge in [0.2, 0.25) is 5.88 Å². The largest absolute Gasteiger partial charge is 0.534 e. The predicted octanol–water partition coefficient (Wildman–Crippen LogP) is 4.09. The SMILES string of the molecule is CCc1c(OS(=O)(=O)C(F)(F)F)nc(-c2ccccc2OC)n(CCc2cccc(F)c2)c1=O. The van der Waals surface area contributed by atoms with E-state index in [-0.39, 0.29) is 42.1 Å². The second-order valence-electron chi connectivity index (χ2n) is 7.09. The van der Waals surface area contributed by atoms with E-state index in [2.05, 4.69) is 9.17 Å². The molecule has 0 unspecified atom stereocenters. The van der Waals surface area contributed by atoms with Crippen molar-refractivity contribution < 1.29 is 34.9 Å². The number of nitrogens with zero attached hydrogens (tertiary/aromatic N) is 2. The summed E-state index contributed by atoms with van der Waals surface area (Å²) in [6, 6.07) is 12.0. The Kier molecular flexibility index (Phi) is 7.29. The maximum Gasteiger partial charge on any atom is 0.534 e. The van der Waals surface area contributed by atoms with Gasteiger partial charge in [0.25, 0.3) is 5.56 Å². The van der Waals surface area contributed by atoms with Crippen LogP contribution in [0.1, 0.15) is 18.1 Å². The van der Waals surface area contributed by atoms with E-state index in [1.807, 2.05) is 0 Å². The minimum atomic E-state index is -6.07. The standard InChI is InChI=1S/C22H20F4N2O5S/c1-3-16-20(33-34(30,31)22(24,25)26)27-19(17-9-4-5-10-18(17)32-2)28(21(16)29)12-11-14-7-6-8-15(23)13-14/h4-10,13H,3,11-12H2,1-2H3. The van der Waals surface area contributed by atoms with Gasteiger partial charge in [0.05, 0.1) is 18.2 Å². The molecule has 3 rings (SSSR count). The molecule has 0 amide bonds. The summed E-state index contributed by atoms with van der Waals surface area (Å²) >= 11 is 0. The van der Waals surface area contributed by atoms with Gasteiger partial charge in [-0.05, 0) is 42.7 Å². The first-order valence-electron chi connectivity index (χ1n) is 10.0. The molecule has 0 aliphatic rings. The summed E-state index contributed by atoms with van der Waals surface area (Å²) in [6.07, 6.45) is 0.0341. The number of hydrogen-bond acceptors (Lipinski definition) is 6. The highest BCUT2D eigenvalue weighted by molar-refractivity contribution is 7.87. The van der Waals surface area contributed by atoms with Crippen molar-refractivity contribution in [1.82, 2.24) is 9.55 Å². The van der Waals surface area contributed by atoms with Gasteiger partial charge in [0, 0.05) is 6.54 Å². The second-order valence-corrected chi connectivity index (χ2v) is 8.63. The molecule has 7 nitrogen and oxygen atoms in total. The van der Waals surface area contributed by atoms with Gasteiger partial charge >= 0.3 is 15.6 Å². The fourth-order valence-electron chi connectivity index (χ4n) is 3.27. The molecule has 0 saturated heterocycles. The van der Waals surface area contributed by atoms with Crippen molar-refractivity contribution in [1.29, 1.82) is 0 Å². The van der Waals surface area contributed by atoms with Gasteiger partial charge < -0.3 is 8.92 Å². The number of ether oxygens (including phenoxy) is 1. The number of rotatable bonds is 8. The Bertz CT molecular complexity index is 1350. The van der Waals surface area contributed by atoms with E-state index < -0.39 is 32.9 Å². The summed E-state index contributed by atoms with van der Waals surface area (Å²) in [5, 5.41) is 0. The fraction of sp³-hybridized carbons (Fsp3) is 0.273. The van der Waals surface area contributed by atoms with Crippen molar-refractivity contribution >= 4 is 10.1 Å². The summed E-state index contributed by atoms with van der Waals surface area (Å²) in [5.41, 5.74) is -6.07. The number of benzene rings is 2. The molecule has 0 saturated carbocycles. The number of halogens is 4. The quantitative estimate of drug-likeness (QED) is 0.263. The van der Waals surface area contributed by atoms with Crippen LogP contribution in [0.3, 0.4) is 0 Å². The molecule has 34 heavy (non-hydrogen) atoms. The van der Waals surface area contributed by atoms with E-state index in [1.54, 1.807) is 24.3 Å². The number of methoxy groups -OCH3 is 1. The molecule has 0 fully saturated rings. The highest BCUT2D eigenvalue weighted by Gasteiger charge is 2.49. The van der Waals surface area contributed by atoms with Gasteiger partial charge in [0.15, 0.2) is 5.82 Å². The Morgan fingerprint density at radius 3 is 2.41 bits per heavy atom. The van der Waals surface area contributed by atoms with Gasteiger partial charge in [-0.25, -0.2) is 4.39 Å². The fourth-order valence-corrected chi connectivity index (χ4v) is 3.71. The summed E-state index contributed by atoms with van der Waals surface area (Å²) in [6.45, 7) is 1.42. The number of alkyl halides is 3. The Labute approximate surface area is 192 Å². The first-order valence-corrected chi connectivity index (χ1v) is 11.4. The molecule has 0 aliphatic carbocycles. The number of aryl methyl sites for hydroxylation is 1. The minimum absolute atomic E-state index is 0.0258. The molecule has 0 radical (unpaired) electrons. The maximum absolute atomic E-state index is 13.6. The van der Waals surface area contributed by atoms with Crippen molar-refractivity contribution in [2.75, 3.05) is 7.11 Å². The van der Waals surface area contributed by atoms with Crippen LogP contribution in [-0.2, 0) is 29.5 Å². The molecule has 2 aromatic carbocycles. The van der Waals surface area contributed by atoms with Crippen molar-refractivity contribution in [3.63, 3.8) is 0 Å². The Morgan fingerprint density at radius 2 is 1.79 bits per heavy atom. The number of para-hydroxylation sites is 1. The lowest BCUT2D eigenvalue weighted by atomic mass is 10.1. The summed E-state index contributed by atoms with van der Waals surface area (Å²) < 4.78 is 86.4. The third-order valence-electron chi connectivity index (χ3n) is 4.91. The highest BCUT2D eigenvalue weighted by Crippen LogP contribution is 2.32. The number of hydrogen-bond donors (Lipinski definition) is 0. The lowest BCUT2D eigenvalue weighted by molar-refractivity contribution is -0.0501. The van der Waals surface area contributed by atoms with Crippen molar-refractivity contribution in [3.05, 3.63) is 75.8 Å². The Hall–Kier alpha value is -3.41. The topological polar surface area (TPSA) is 87.5 Å². The lowest BCUT2D eigenvalue weighted by Gasteiger charge is -2.18. The van der Waals surface area contributed by atoms with Crippen LogP contribution in [0.4, 0.5) is 17.6 Å². The molecule has 0 spiro atoms. The third kappa shape index (κ3) is 5.22. The van der Waals surface area contributed by atoms with E-state index in [0.717, 1.165) is 0 Å². The highest BCUT2D eigenvalue weighted by atomic mass is 32.2. The molecule has 0 atom stereocenters. The zero-order chi connectivity index (χ0) is 25.1. The van der Waals surface area contributed by atoms with Gasteiger partial charge in [-0.1, -0.05) is 31.2 Å². The minimum Gasteiger partial charge on any atom is -0.496 e. The molecular weight excluding hydrogens is 480 g/mol. The van der Waals surface area contributed by atoms with Crippen LogP contribution < -0.4 is 14.5 Å². The Morgan fingerprint density at radius 1 is 1.09 bits per heavy atom. The van der Waals surface area contributed by atoms with E-state index in [1.165, 1.54) is 42.9 Å². The van der Waals surface area contributed by atoms with Gasteiger partial charge in [-0.15, -0.1) is 0 Å². The first kappa shape index (κ1) is 25.2. The van der Waals surface area contributed by atoms with Gasteiger partial charge in [-0.2, -0.15) is 26.6 Å². The average molecular weight is 500 g/mol. The van der Waals surface area contributed by atoms with Crippen LogP contribution in [0.2, 0.25) is 0 Å². The van der Waals surface area contributed by atoms with Crippen LogP contribution in [0.15, 0.2) is 53.3 Å². The van der Waals surface area contributed by atoms with Crippen molar-refractivity contribution in [2.24, 2.45) is 0 Å². The van der Waals surface area contributed by atoms with Gasteiger partial charge in [0.1, 0.15) is 11.6 Å². The van der Waals surface area contributed by atoms with E-state index in [4.69, 9.17) is 4.74 Å². The molecular formula is C22H20F4N2O5S. The van der Waals surface area contributed by atoms with E-state index in [0.29, 0.717) is 5.56 Å². The molecule has 1 heterocycles. The summed E-state index contributed by atoms with van der Waals surface area (Å²) in [5.74, 6) is -1.36. The third-order valence-corrected chi connectivity index (χ3v) is 5.86. The van der Waals surface area contributed by atoms with Crippen LogP contribution in [0.25, 0.3) is 11.4 Å². The number of aromatic nitrogens is 2. The first-order chi connectivity index (χ1) is 16.0. The zero-order valence-electron chi connectivity index (χ0n) is 18.1. The molecule has 0 bridgehead atoms. The summed E-state index contributed by atoms with van der Waals surface area (Å²) in [4.78, 5) is 17.3. The lowest BCUT2D eigenvalue weighted by Crippen LogP contribution is -2.32. The van der Waals surface area contributed by atoms with Crippen molar-refractivity contribution in [2.45, 2.75) is 31.8 Å². The molecule has 0 N–H and O–H groups in total. The molecule has 0 aliphatic heterocycles. The normalized spacial score (nSPS) is 11.9. The Balaban J connectivity index is 2.22. The second kappa shape index (κ2) is 9.84. The van der Waals surface area contributed by atoms with Crippen molar-refractivity contribution in [3.8, 4) is 23.0 Å². The zero-order valence-corrected chi connectivity index (χ0v) is 18.9. The average Bonchev–Trinajstić information content (AvgIpc) is 2.77. The predicted molar refractivity (Wildman–Crippen MR) is 116 cm³/mol. The van der Waals surface area contributed by atoms with E-state index in [9.17, 15) is 30.8 Å². The molecule has 182 valence electrons. The molecule has 12 heteroatoms. The maximum atomic E-state index is 13.6. The van der Waals surface area contributed by atoms with Crippen LogP contribution in [-0.4, -0.2) is 30.6 Å². The molecule has 1 aromatic heterocycles. The van der Waals surface area contributed by atoms with Crippen LogP contribution in [0.5, 0.6) is 11.6 Å². The smallest absolute Gasteiger partial charge is 0.496 e. The van der Waals surface area contributed by atoms with Gasteiger partial charge in [-0.3, -0.25) is 9.36 Å².